The van der Waals surface area contributed by atoms with Crippen LogP contribution in [-0.2, 0) is 14.8 Å². The summed E-state index contributed by atoms with van der Waals surface area (Å²) in [6.45, 7) is 2.81. The third kappa shape index (κ3) is 6.25. The van der Waals surface area contributed by atoms with Crippen molar-refractivity contribution in [3.63, 3.8) is 0 Å². The summed E-state index contributed by atoms with van der Waals surface area (Å²) >= 11 is 5.07. The molecule has 0 bridgehead atoms. The summed E-state index contributed by atoms with van der Waals surface area (Å²) in [5, 5.41) is 2.99. The van der Waals surface area contributed by atoms with E-state index in [0.29, 0.717) is 32.4 Å². The fourth-order valence-electron chi connectivity index (χ4n) is 3.28. The number of hydrogen-bond donors (Lipinski definition) is 1. The zero-order chi connectivity index (χ0) is 20.9. The summed E-state index contributed by atoms with van der Waals surface area (Å²) in [5.74, 6) is 0.0500. The molecule has 1 amide bonds. The van der Waals surface area contributed by atoms with E-state index in [-0.39, 0.29) is 17.7 Å². The zero-order valence-electron chi connectivity index (χ0n) is 16.3. The summed E-state index contributed by atoms with van der Waals surface area (Å²) < 4.78 is 26.8. The Balaban J connectivity index is 1.50. The lowest BCUT2D eigenvalue weighted by molar-refractivity contribution is -0.117. The van der Waals surface area contributed by atoms with Crippen molar-refractivity contribution in [1.29, 1.82) is 0 Å². The summed E-state index contributed by atoms with van der Waals surface area (Å²) in [5.41, 5.74) is 1.15. The lowest BCUT2D eigenvalue weighted by Gasteiger charge is -2.31. The molecular weight excluding hydrogens is 472 g/mol. The summed E-state index contributed by atoms with van der Waals surface area (Å²) in [6.07, 6.45) is 5.29. The molecule has 5 nitrogen and oxygen atoms in total. The lowest BCUT2D eigenvalue weighted by atomic mass is 10.1. The van der Waals surface area contributed by atoms with E-state index in [2.05, 4.69) is 39.4 Å². The second kappa shape index (κ2) is 10.0. The SMILES string of the molecule is CCCS(=O)(=O)N1CCC(NC(=O)C=Cc2ccc(-c3ccc(Br)cc3)s2)CC1. The maximum Gasteiger partial charge on any atom is 0.244 e. The van der Waals surface area contributed by atoms with E-state index in [0.717, 1.165) is 19.8 Å². The van der Waals surface area contributed by atoms with E-state index in [9.17, 15) is 13.2 Å². The van der Waals surface area contributed by atoms with Crippen LogP contribution in [0, 0.1) is 0 Å². The van der Waals surface area contributed by atoms with Crippen LogP contribution < -0.4 is 5.32 Å². The average Bonchev–Trinajstić information content (AvgIpc) is 3.16. The Hall–Kier alpha value is -1.48. The summed E-state index contributed by atoms with van der Waals surface area (Å²) in [7, 11) is -3.15. The highest BCUT2D eigenvalue weighted by molar-refractivity contribution is 9.10. The molecule has 1 aliphatic heterocycles. The fraction of sp³-hybridized carbons (Fsp3) is 0.381. The minimum absolute atomic E-state index is 0.0156. The normalized spacial score (nSPS) is 16.3. The zero-order valence-corrected chi connectivity index (χ0v) is 19.5. The third-order valence-electron chi connectivity index (χ3n) is 4.81. The maximum absolute atomic E-state index is 12.2. The first-order valence-corrected chi connectivity index (χ1v) is 12.9. The number of piperidine rings is 1. The molecule has 0 aliphatic carbocycles. The number of sulfonamides is 1. The van der Waals surface area contributed by atoms with Gasteiger partial charge in [-0.2, -0.15) is 0 Å². The topological polar surface area (TPSA) is 66.5 Å². The van der Waals surface area contributed by atoms with Gasteiger partial charge in [0.25, 0.3) is 0 Å². The monoisotopic (exact) mass is 496 g/mol. The van der Waals surface area contributed by atoms with E-state index in [4.69, 9.17) is 0 Å². The highest BCUT2D eigenvalue weighted by Gasteiger charge is 2.27. The molecule has 0 spiro atoms. The highest BCUT2D eigenvalue weighted by Crippen LogP contribution is 2.29. The molecule has 1 aromatic heterocycles. The summed E-state index contributed by atoms with van der Waals surface area (Å²) in [4.78, 5) is 14.4. The smallest absolute Gasteiger partial charge is 0.244 e. The number of carbonyl (C=O) groups excluding carboxylic acids is 1. The van der Waals surface area contributed by atoms with E-state index >= 15 is 0 Å². The minimum atomic E-state index is -3.15. The Morgan fingerprint density at radius 2 is 1.90 bits per heavy atom. The molecule has 0 saturated carbocycles. The van der Waals surface area contributed by atoms with Gasteiger partial charge in [-0.1, -0.05) is 35.0 Å². The van der Waals surface area contributed by atoms with Gasteiger partial charge in [-0.05, 0) is 55.2 Å². The number of nitrogens with one attached hydrogen (secondary N) is 1. The molecule has 0 atom stereocenters. The first-order valence-electron chi connectivity index (χ1n) is 9.69. The van der Waals surface area contributed by atoms with E-state index < -0.39 is 10.0 Å². The molecule has 1 N–H and O–H groups in total. The Morgan fingerprint density at radius 3 is 2.55 bits per heavy atom. The van der Waals surface area contributed by atoms with Crippen LogP contribution in [0.4, 0.5) is 0 Å². The van der Waals surface area contributed by atoms with Crippen molar-refractivity contribution in [3.05, 3.63) is 51.8 Å². The molecule has 2 aromatic rings. The minimum Gasteiger partial charge on any atom is -0.350 e. The highest BCUT2D eigenvalue weighted by atomic mass is 79.9. The Labute approximate surface area is 185 Å². The average molecular weight is 497 g/mol. The van der Waals surface area contributed by atoms with Gasteiger partial charge in [0.1, 0.15) is 0 Å². The Bertz CT molecular complexity index is 960. The predicted octanol–water partition coefficient (Wildman–Crippen LogP) is 4.51. The quantitative estimate of drug-likeness (QED) is 0.573. The number of thiophene rings is 1. The van der Waals surface area contributed by atoms with Gasteiger partial charge in [-0.3, -0.25) is 4.79 Å². The molecule has 1 saturated heterocycles. The first-order chi connectivity index (χ1) is 13.9. The Kier molecular flexibility index (Phi) is 7.67. The molecule has 0 radical (unpaired) electrons. The van der Waals surface area contributed by atoms with Crippen molar-refractivity contribution in [3.8, 4) is 10.4 Å². The van der Waals surface area contributed by atoms with Crippen molar-refractivity contribution in [1.82, 2.24) is 9.62 Å². The molecular formula is C21H25BrN2O3S2. The van der Waals surface area contributed by atoms with Crippen LogP contribution >= 0.6 is 27.3 Å². The number of rotatable bonds is 7. The van der Waals surface area contributed by atoms with Crippen LogP contribution in [0.1, 0.15) is 31.1 Å². The van der Waals surface area contributed by atoms with Crippen LogP contribution in [0.3, 0.4) is 0 Å². The molecule has 29 heavy (non-hydrogen) atoms. The Morgan fingerprint density at radius 1 is 1.21 bits per heavy atom. The van der Waals surface area contributed by atoms with Gasteiger partial charge in [0.2, 0.25) is 15.9 Å². The molecule has 3 rings (SSSR count). The predicted molar refractivity (Wildman–Crippen MR) is 123 cm³/mol. The third-order valence-corrected chi connectivity index (χ3v) is 8.51. The van der Waals surface area contributed by atoms with Gasteiger partial charge in [0.15, 0.2) is 0 Å². The molecule has 0 unspecified atom stereocenters. The van der Waals surface area contributed by atoms with Crippen molar-refractivity contribution in [2.75, 3.05) is 18.8 Å². The standard InChI is InChI=1S/C21H25BrN2O3S2/c1-2-15-29(26,27)24-13-11-18(12-14-24)23-21(25)10-8-19-7-9-20(28-19)16-3-5-17(22)6-4-16/h3-10,18H,2,11-15H2,1H3,(H,23,25). The molecule has 2 heterocycles. The van der Waals surface area contributed by atoms with Crippen molar-refractivity contribution < 1.29 is 13.2 Å². The summed E-state index contributed by atoms with van der Waals surface area (Å²) in [6, 6.07) is 12.2. The van der Waals surface area contributed by atoms with Crippen LogP contribution in [0.25, 0.3) is 16.5 Å². The molecule has 1 aromatic carbocycles. The van der Waals surface area contributed by atoms with Gasteiger partial charge in [-0.25, -0.2) is 12.7 Å². The number of amides is 1. The van der Waals surface area contributed by atoms with E-state index in [1.54, 1.807) is 21.7 Å². The molecule has 8 heteroatoms. The first kappa shape index (κ1) is 22.2. The fourth-order valence-corrected chi connectivity index (χ4v) is 6.01. The van der Waals surface area contributed by atoms with Gasteiger partial charge in [-0.15, -0.1) is 11.3 Å². The number of halogens is 1. The number of nitrogens with zero attached hydrogens (tertiary/aromatic N) is 1. The number of benzene rings is 1. The molecule has 1 aliphatic rings. The molecule has 156 valence electrons. The van der Waals surface area contributed by atoms with Crippen LogP contribution in [0.5, 0.6) is 0 Å². The van der Waals surface area contributed by atoms with E-state index in [1.165, 1.54) is 0 Å². The van der Waals surface area contributed by atoms with Gasteiger partial charge < -0.3 is 5.32 Å². The van der Waals surface area contributed by atoms with Gasteiger partial charge in [0, 0.05) is 39.4 Å². The number of carbonyl (C=O) groups is 1. The van der Waals surface area contributed by atoms with Crippen molar-refractivity contribution in [2.45, 2.75) is 32.2 Å². The second-order valence-electron chi connectivity index (χ2n) is 7.04. The lowest BCUT2D eigenvalue weighted by Crippen LogP contribution is -2.46. The van der Waals surface area contributed by atoms with Gasteiger partial charge >= 0.3 is 0 Å². The number of hydrogen-bond acceptors (Lipinski definition) is 4. The van der Waals surface area contributed by atoms with Gasteiger partial charge in [0.05, 0.1) is 5.75 Å². The molecule has 1 fully saturated rings. The second-order valence-corrected chi connectivity index (χ2v) is 11.2. The largest absolute Gasteiger partial charge is 0.350 e. The maximum atomic E-state index is 12.2. The van der Waals surface area contributed by atoms with Crippen LogP contribution in [-0.4, -0.2) is 43.5 Å². The van der Waals surface area contributed by atoms with Crippen LogP contribution in [0.15, 0.2) is 46.9 Å². The van der Waals surface area contributed by atoms with Crippen molar-refractivity contribution in [2.24, 2.45) is 0 Å². The van der Waals surface area contributed by atoms with E-state index in [1.807, 2.05) is 31.2 Å². The van der Waals surface area contributed by atoms with Crippen molar-refractivity contribution >= 4 is 49.3 Å². The van der Waals surface area contributed by atoms with Crippen LogP contribution in [0.2, 0.25) is 0 Å².